The van der Waals surface area contributed by atoms with E-state index in [0.29, 0.717) is 15.7 Å². The van der Waals surface area contributed by atoms with E-state index in [4.69, 9.17) is 4.84 Å². The van der Waals surface area contributed by atoms with Crippen molar-refractivity contribution < 1.29 is 19.2 Å². The van der Waals surface area contributed by atoms with E-state index in [9.17, 15) is 14.4 Å². The van der Waals surface area contributed by atoms with Crippen LogP contribution in [0.5, 0.6) is 0 Å². The Bertz CT molecular complexity index is 1020. The molecule has 5 nitrogen and oxygen atoms in total. The van der Waals surface area contributed by atoms with Gasteiger partial charge in [-0.15, -0.1) is 11.3 Å². The fourth-order valence-electron chi connectivity index (χ4n) is 2.93. The van der Waals surface area contributed by atoms with E-state index >= 15 is 0 Å². The Balaban J connectivity index is 1.68. The number of nitrogens with zero attached hydrogens (tertiary/aromatic N) is 1. The molecule has 0 spiro atoms. The van der Waals surface area contributed by atoms with E-state index < -0.39 is 17.8 Å². The largest absolute Gasteiger partial charge is 0.374 e. The fraction of sp³-hybridized carbons (Fsp3) is 0.105. The van der Waals surface area contributed by atoms with Gasteiger partial charge in [0.15, 0.2) is 0 Å². The van der Waals surface area contributed by atoms with Crippen LogP contribution in [-0.2, 0) is 10.6 Å². The summed E-state index contributed by atoms with van der Waals surface area (Å²) in [6.07, 6.45) is 1.95. The van der Waals surface area contributed by atoms with E-state index in [1.165, 1.54) is 11.3 Å². The van der Waals surface area contributed by atoms with Crippen molar-refractivity contribution in [1.29, 1.82) is 0 Å². The summed E-state index contributed by atoms with van der Waals surface area (Å²) in [5.74, 6) is -1.29. The molecule has 0 saturated carbocycles. The number of hydrogen-bond acceptors (Lipinski definition) is 6. The van der Waals surface area contributed by atoms with Crippen molar-refractivity contribution in [2.75, 3.05) is 6.26 Å². The van der Waals surface area contributed by atoms with Crippen LogP contribution in [0.15, 0.2) is 48.5 Å². The average molecular weight is 383 g/mol. The molecular formula is C19H13NO4S2. The standard InChI is InChI=1S/C19H13NO4S2/c1-25-10-14-11-6-4-5-9-15(11)26-16(14)19(23)24-20-17(21)12-7-2-3-8-13(12)18(20)22/h2-9H,10H2,1H3. The summed E-state index contributed by atoms with van der Waals surface area (Å²) in [6.45, 7) is 0. The van der Waals surface area contributed by atoms with Crippen LogP contribution in [0, 0.1) is 0 Å². The highest BCUT2D eigenvalue weighted by atomic mass is 32.2. The van der Waals surface area contributed by atoms with Crippen LogP contribution in [0.3, 0.4) is 0 Å². The monoisotopic (exact) mass is 383 g/mol. The molecule has 0 N–H and O–H groups in total. The van der Waals surface area contributed by atoms with E-state index in [2.05, 4.69) is 0 Å². The lowest BCUT2D eigenvalue weighted by Gasteiger charge is -2.12. The van der Waals surface area contributed by atoms with Crippen molar-refractivity contribution >= 4 is 51.0 Å². The first-order valence-electron chi connectivity index (χ1n) is 7.81. The van der Waals surface area contributed by atoms with Gasteiger partial charge in [-0.25, -0.2) is 4.79 Å². The average Bonchev–Trinajstić information content (AvgIpc) is 3.14. The minimum absolute atomic E-state index is 0.242. The first-order valence-corrected chi connectivity index (χ1v) is 10.0. The summed E-state index contributed by atoms with van der Waals surface area (Å²) in [7, 11) is 0. The zero-order chi connectivity index (χ0) is 18.3. The molecule has 2 aromatic carbocycles. The number of benzene rings is 2. The van der Waals surface area contributed by atoms with Gasteiger partial charge in [0, 0.05) is 10.5 Å². The Morgan fingerprint density at radius 1 is 1.04 bits per heavy atom. The molecule has 1 aliphatic heterocycles. The Labute approximate surface area is 157 Å². The van der Waals surface area contributed by atoms with Gasteiger partial charge in [-0.05, 0) is 35.4 Å². The van der Waals surface area contributed by atoms with Crippen molar-refractivity contribution in [2.24, 2.45) is 0 Å². The molecule has 0 radical (unpaired) electrons. The fourth-order valence-corrected chi connectivity index (χ4v) is 4.70. The van der Waals surface area contributed by atoms with Crippen molar-refractivity contribution in [3.05, 3.63) is 70.1 Å². The van der Waals surface area contributed by atoms with Gasteiger partial charge in [0.25, 0.3) is 11.8 Å². The lowest BCUT2D eigenvalue weighted by molar-refractivity contribution is -0.0581. The number of imide groups is 1. The van der Waals surface area contributed by atoms with E-state index in [0.717, 1.165) is 15.6 Å². The maximum Gasteiger partial charge on any atom is 0.374 e. The lowest BCUT2D eigenvalue weighted by Crippen LogP contribution is -2.32. The van der Waals surface area contributed by atoms with E-state index in [1.807, 2.05) is 30.5 Å². The molecule has 0 unspecified atom stereocenters. The summed E-state index contributed by atoms with van der Waals surface area (Å²) in [5, 5.41) is 1.54. The minimum Gasteiger partial charge on any atom is -0.323 e. The van der Waals surface area contributed by atoms with Gasteiger partial charge >= 0.3 is 5.97 Å². The molecule has 1 aliphatic rings. The third-order valence-corrected chi connectivity index (χ3v) is 5.87. The van der Waals surface area contributed by atoms with Crippen LogP contribution in [0.4, 0.5) is 0 Å². The Hall–Kier alpha value is -2.64. The van der Waals surface area contributed by atoms with E-state index in [-0.39, 0.29) is 11.1 Å². The number of fused-ring (bicyclic) bond motifs is 2. The molecule has 130 valence electrons. The van der Waals surface area contributed by atoms with Crippen LogP contribution in [-0.4, -0.2) is 29.1 Å². The number of hydroxylamine groups is 2. The van der Waals surface area contributed by atoms with Crippen molar-refractivity contribution in [1.82, 2.24) is 5.06 Å². The Morgan fingerprint density at radius 2 is 1.65 bits per heavy atom. The summed E-state index contributed by atoms with van der Waals surface area (Å²) in [6, 6.07) is 14.1. The number of thiophene rings is 1. The Morgan fingerprint density at radius 3 is 2.31 bits per heavy atom. The van der Waals surface area contributed by atoms with Crippen LogP contribution < -0.4 is 0 Å². The predicted octanol–water partition coefficient (Wildman–Crippen LogP) is 4.13. The van der Waals surface area contributed by atoms with Crippen LogP contribution >= 0.6 is 23.1 Å². The SMILES string of the molecule is CSCc1c(C(=O)ON2C(=O)c3ccccc3C2=O)sc2ccccc12. The topological polar surface area (TPSA) is 63.7 Å². The normalized spacial score (nSPS) is 13.3. The van der Waals surface area contributed by atoms with Crippen molar-refractivity contribution in [3.63, 3.8) is 0 Å². The molecule has 0 bridgehead atoms. The first kappa shape index (κ1) is 16.8. The third kappa shape index (κ3) is 2.60. The summed E-state index contributed by atoms with van der Waals surface area (Å²) >= 11 is 2.90. The highest BCUT2D eigenvalue weighted by Crippen LogP contribution is 2.34. The molecule has 7 heteroatoms. The Kier molecular flexibility index (Phi) is 4.26. The van der Waals surface area contributed by atoms with Crippen molar-refractivity contribution in [3.8, 4) is 0 Å². The van der Waals surface area contributed by atoms with Gasteiger partial charge in [0.05, 0.1) is 11.1 Å². The van der Waals surface area contributed by atoms with Gasteiger partial charge in [-0.3, -0.25) is 9.59 Å². The summed E-state index contributed by atoms with van der Waals surface area (Å²) in [4.78, 5) is 43.1. The molecule has 0 atom stereocenters. The van der Waals surface area contributed by atoms with Gasteiger partial charge in [-0.1, -0.05) is 35.4 Å². The molecule has 26 heavy (non-hydrogen) atoms. The number of thioether (sulfide) groups is 1. The second-order valence-electron chi connectivity index (χ2n) is 5.67. The molecule has 0 aliphatic carbocycles. The lowest BCUT2D eigenvalue weighted by atomic mass is 10.1. The number of amides is 2. The van der Waals surface area contributed by atoms with Crippen LogP contribution in [0.1, 0.15) is 36.0 Å². The number of hydrogen-bond donors (Lipinski definition) is 0. The molecule has 2 heterocycles. The number of carbonyl (C=O) groups is 3. The van der Waals surface area contributed by atoms with Crippen LogP contribution in [0.2, 0.25) is 0 Å². The van der Waals surface area contributed by atoms with Crippen molar-refractivity contribution in [2.45, 2.75) is 5.75 Å². The quantitative estimate of drug-likeness (QED) is 0.634. The maximum absolute atomic E-state index is 12.7. The molecule has 3 aromatic rings. The first-order chi connectivity index (χ1) is 12.6. The van der Waals surface area contributed by atoms with Gasteiger partial charge in [0.2, 0.25) is 0 Å². The zero-order valence-corrected chi connectivity index (χ0v) is 15.4. The highest BCUT2D eigenvalue weighted by Gasteiger charge is 2.39. The molecule has 2 amide bonds. The zero-order valence-electron chi connectivity index (χ0n) is 13.7. The van der Waals surface area contributed by atoms with Gasteiger partial charge in [-0.2, -0.15) is 11.8 Å². The second-order valence-corrected chi connectivity index (χ2v) is 7.59. The number of rotatable bonds is 4. The third-order valence-electron chi connectivity index (χ3n) is 4.10. The highest BCUT2D eigenvalue weighted by molar-refractivity contribution is 7.97. The molecule has 4 rings (SSSR count). The molecular weight excluding hydrogens is 370 g/mol. The minimum atomic E-state index is -0.690. The van der Waals surface area contributed by atoms with E-state index in [1.54, 1.807) is 36.0 Å². The second kappa shape index (κ2) is 6.59. The predicted molar refractivity (Wildman–Crippen MR) is 101 cm³/mol. The van der Waals surface area contributed by atoms with Crippen LogP contribution in [0.25, 0.3) is 10.1 Å². The van der Waals surface area contributed by atoms with Gasteiger partial charge < -0.3 is 4.84 Å². The smallest absolute Gasteiger partial charge is 0.323 e. The number of carbonyl (C=O) groups excluding carboxylic acids is 3. The van der Waals surface area contributed by atoms with Gasteiger partial charge in [0.1, 0.15) is 4.88 Å². The molecule has 1 aromatic heterocycles. The summed E-state index contributed by atoms with van der Waals surface area (Å²) in [5.41, 5.74) is 1.34. The summed E-state index contributed by atoms with van der Waals surface area (Å²) < 4.78 is 0.964. The molecule has 0 saturated heterocycles. The maximum atomic E-state index is 12.7. The molecule has 0 fully saturated rings.